The first-order valence-corrected chi connectivity index (χ1v) is 6.57. The molecule has 1 amide bonds. The van der Waals surface area contributed by atoms with E-state index in [1.165, 1.54) is 0 Å². The van der Waals surface area contributed by atoms with Crippen molar-refractivity contribution in [1.82, 2.24) is 25.4 Å². The molecule has 0 aliphatic rings. The zero-order chi connectivity index (χ0) is 14.5. The molecular weight excluding hydrogens is 254 g/mol. The highest BCUT2D eigenvalue weighted by molar-refractivity contribution is 5.91. The molecule has 0 atom stereocenters. The van der Waals surface area contributed by atoms with Crippen LogP contribution in [0.5, 0.6) is 0 Å². The number of pyridine rings is 1. The van der Waals surface area contributed by atoms with Gasteiger partial charge in [0.15, 0.2) is 11.5 Å². The van der Waals surface area contributed by atoms with Crippen molar-refractivity contribution in [3.05, 3.63) is 41.9 Å². The zero-order valence-corrected chi connectivity index (χ0v) is 11.9. The highest BCUT2D eigenvalue weighted by Gasteiger charge is 2.11. The average Bonchev–Trinajstić information content (AvgIpc) is 2.94. The van der Waals surface area contributed by atoms with Crippen molar-refractivity contribution in [2.75, 3.05) is 7.05 Å². The SMILES string of the molecule is CNC(=O)c1ccn(-c2ncccc2CNC(C)C)n1. The Morgan fingerprint density at radius 1 is 1.40 bits per heavy atom. The molecule has 0 radical (unpaired) electrons. The molecule has 0 bridgehead atoms. The quantitative estimate of drug-likeness (QED) is 0.856. The second kappa shape index (κ2) is 6.29. The Morgan fingerprint density at radius 3 is 2.90 bits per heavy atom. The van der Waals surface area contributed by atoms with E-state index in [0.717, 1.165) is 11.4 Å². The lowest BCUT2D eigenvalue weighted by Crippen LogP contribution is -2.23. The fourth-order valence-corrected chi connectivity index (χ4v) is 1.78. The number of amides is 1. The van der Waals surface area contributed by atoms with Crippen LogP contribution in [0.4, 0.5) is 0 Å². The van der Waals surface area contributed by atoms with Crippen LogP contribution in [-0.2, 0) is 6.54 Å². The number of hydrogen-bond acceptors (Lipinski definition) is 4. The lowest BCUT2D eigenvalue weighted by Gasteiger charge is -2.11. The first-order valence-electron chi connectivity index (χ1n) is 6.57. The Labute approximate surface area is 118 Å². The maximum Gasteiger partial charge on any atom is 0.271 e. The van der Waals surface area contributed by atoms with Crippen molar-refractivity contribution >= 4 is 5.91 Å². The Balaban J connectivity index is 2.28. The third-order valence-electron chi connectivity index (χ3n) is 2.83. The Morgan fingerprint density at radius 2 is 2.20 bits per heavy atom. The monoisotopic (exact) mass is 273 g/mol. The predicted molar refractivity (Wildman–Crippen MR) is 76.7 cm³/mol. The van der Waals surface area contributed by atoms with E-state index in [4.69, 9.17) is 0 Å². The summed E-state index contributed by atoms with van der Waals surface area (Å²) in [6, 6.07) is 5.96. The van der Waals surface area contributed by atoms with E-state index >= 15 is 0 Å². The van der Waals surface area contributed by atoms with Crippen LogP contribution in [0.3, 0.4) is 0 Å². The minimum atomic E-state index is -0.207. The highest BCUT2D eigenvalue weighted by Crippen LogP contribution is 2.11. The van der Waals surface area contributed by atoms with Crippen LogP contribution in [0.25, 0.3) is 5.82 Å². The van der Waals surface area contributed by atoms with Gasteiger partial charge in [0.25, 0.3) is 5.91 Å². The zero-order valence-electron chi connectivity index (χ0n) is 11.9. The summed E-state index contributed by atoms with van der Waals surface area (Å²) in [6.07, 6.45) is 3.46. The molecule has 2 aromatic rings. The second-order valence-corrected chi connectivity index (χ2v) is 4.75. The summed E-state index contributed by atoms with van der Waals surface area (Å²) in [4.78, 5) is 15.9. The standard InChI is InChI=1S/C14H19N5O/c1-10(2)17-9-11-5-4-7-16-13(11)19-8-6-12(18-19)14(20)15-3/h4-8,10,17H,9H2,1-3H3,(H,15,20). The van der Waals surface area contributed by atoms with Crippen molar-refractivity contribution < 1.29 is 4.79 Å². The van der Waals surface area contributed by atoms with E-state index in [-0.39, 0.29) is 5.91 Å². The summed E-state index contributed by atoms with van der Waals surface area (Å²) in [5, 5.41) is 10.2. The van der Waals surface area contributed by atoms with Gasteiger partial charge < -0.3 is 10.6 Å². The molecule has 0 saturated carbocycles. The fraction of sp³-hybridized carbons (Fsp3) is 0.357. The summed E-state index contributed by atoms with van der Waals surface area (Å²) in [5.74, 6) is 0.525. The molecule has 0 unspecified atom stereocenters. The molecule has 6 nitrogen and oxygen atoms in total. The van der Waals surface area contributed by atoms with Gasteiger partial charge in [-0.25, -0.2) is 9.67 Å². The van der Waals surface area contributed by atoms with Gasteiger partial charge in [0.1, 0.15) is 0 Å². The Kier molecular flexibility index (Phi) is 4.47. The van der Waals surface area contributed by atoms with E-state index in [9.17, 15) is 4.79 Å². The molecule has 0 spiro atoms. The molecular formula is C14H19N5O. The summed E-state index contributed by atoms with van der Waals surface area (Å²) in [5.41, 5.74) is 1.41. The van der Waals surface area contributed by atoms with Crippen LogP contribution in [-0.4, -0.2) is 33.8 Å². The van der Waals surface area contributed by atoms with Gasteiger partial charge >= 0.3 is 0 Å². The van der Waals surface area contributed by atoms with E-state index in [2.05, 4.69) is 34.6 Å². The third kappa shape index (κ3) is 3.21. The minimum absolute atomic E-state index is 0.207. The normalized spacial score (nSPS) is 10.8. The van der Waals surface area contributed by atoms with Crippen LogP contribution in [0.2, 0.25) is 0 Å². The van der Waals surface area contributed by atoms with Crippen LogP contribution in [0.1, 0.15) is 29.9 Å². The van der Waals surface area contributed by atoms with E-state index in [0.29, 0.717) is 18.3 Å². The van der Waals surface area contributed by atoms with Gasteiger partial charge in [-0.1, -0.05) is 19.9 Å². The topological polar surface area (TPSA) is 71.8 Å². The van der Waals surface area contributed by atoms with E-state index in [1.807, 2.05) is 12.1 Å². The maximum atomic E-state index is 11.5. The van der Waals surface area contributed by atoms with Gasteiger partial charge in [-0.2, -0.15) is 5.10 Å². The van der Waals surface area contributed by atoms with Gasteiger partial charge in [0.2, 0.25) is 0 Å². The fourth-order valence-electron chi connectivity index (χ4n) is 1.78. The van der Waals surface area contributed by atoms with Crippen molar-refractivity contribution in [3.8, 4) is 5.82 Å². The number of nitrogens with one attached hydrogen (secondary N) is 2. The second-order valence-electron chi connectivity index (χ2n) is 4.75. The first kappa shape index (κ1) is 14.2. The van der Waals surface area contributed by atoms with Crippen molar-refractivity contribution in [3.63, 3.8) is 0 Å². The molecule has 2 N–H and O–H groups in total. The minimum Gasteiger partial charge on any atom is -0.354 e. The summed E-state index contributed by atoms with van der Waals surface area (Å²) >= 11 is 0. The van der Waals surface area contributed by atoms with E-state index < -0.39 is 0 Å². The molecule has 0 aliphatic carbocycles. The van der Waals surface area contributed by atoms with Gasteiger partial charge in [-0.05, 0) is 12.1 Å². The number of nitrogens with zero attached hydrogens (tertiary/aromatic N) is 3. The summed E-state index contributed by atoms with van der Waals surface area (Å²) < 4.78 is 1.63. The van der Waals surface area contributed by atoms with Crippen molar-refractivity contribution in [1.29, 1.82) is 0 Å². The Bertz CT molecular complexity index is 591. The average molecular weight is 273 g/mol. The van der Waals surface area contributed by atoms with Gasteiger partial charge in [0, 0.05) is 37.6 Å². The molecule has 0 aromatic carbocycles. The van der Waals surface area contributed by atoms with Gasteiger partial charge in [-0.15, -0.1) is 0 Å². The first-order chi connectivity index (χ1) is 9.61. The van der Waals surface area contributed by atoms with Gasteiger partial charge in [0.05, 0.1) is 0 Å². The molecule has 0 saturated heterocycles. The molecule has 0 fully saturated rings. The van der Waals surface area contributed by atoms with Crippen LogP contribution in [0.15, 0.2) is 30.6 Å². The van der Waals surface area contributed by atoms with Crippen LogP contribution >= 0.6 is 0 Å². The predicted octanol–water partition coefficient (Wildman–Crippen LogP) is 1.12. The summed E-state index contributed by atoms with van der Waals surface area (Å²) in [7, 11) is 1.58. The van der Waals surface area contributed by atoms with E-state index in [1.54, 1.807) is 30.2 Å². The number of aromatic nitrogens is 3. The van der Waals surface area contributed by atoms with Crippen molar-refractivity contribution in [2.24, 2.45) is 0 Å². The van der Waals surface area contributed by atoms with Gasteiger partial charge in [-0.3, -0.25) is 4.79 Å². The Hall–Kier alpha value is -2.21. The molecule has 2 heterocycles. The lowest BCUT2D eigenvalue weighted by molar-refractivity contribution is 0.0957. The van der Waals surface area contributed by atoms with Crippen LogP contribution in [0, 0.1) is 0 Å². The molecule has 0 aliphatic heterocycles. The molecule has 20 heavy (non-hydrogen) atoms. The highest BCUT2D eigenvalue weighted by atomic mass is 16.1. The van der Waals surface area contributed by atoms with Crippen molar-refractivity contribution in [2.45, 2.75) is 26.4 Å². The maximum absolute atomic E-state index is 11.5. The lowest BCUT2D eigenvalue weighted by atomic mass is 10.2. The number of carbonyl (C=O) groups is 1. The number of rotatable bonds is 5. The summed E-state index contributed by atoms with van der Waals surface area (Å²) in [6.45, 7) is 4.89. The molecule has 6 heteroatoms. The van der Waals surface area contributed by atoms with Crippen LogP contribution < -0.4 is 10.6 Å². The number of carbonyl (C=O) groups excluding carboxylic acids is 1. The largest absolute Gasteiger partial charge is 0.354 e. The smallest absolute Gasteiger partial charge is 0.271 e. The third-order valence-corrected chi connectivity index (χ3v) is 2.83. The number of hydrogen-bond donors (Lipinski definition) is 2. The molecule has 2 aromatic heterocycles. The molecule has 2 rings (SSSR count). The molecule has 106 valence electrons.